The lowest BCUT2D eigenvalue weighted by Crippen LogP contribution is -2.50. The first-order chi connectivity index (χ1) is 10.3. The Kier molecular flexibility index (Phi) is 4.81. The number of hydrogen-bond donors (Lipinski definition) is 0. The van der Waals surface area contributed by atoms with E-state index in [0.717, 1.165) is 6.07 Å². The van der Waals surface area contributed by atoms with Crippen LogP contribution >= 0.6 is 0 Å². The minimum atomic E-state index is -0.803. The summed E-state index contributed by atoms with van der Waals surface area (Å²) in [5.41, 5.74) is -0.367. The number of carbonyl (C=O) groups is 2. The topological polar surface area (TPSA) is 55.8 Å². The van der Waals surface area contributed by atoms with Gasteiger partial charge in [0.15, 0.2) is 5.78 Å². The van der Waals surface area contributed by atoms with Gasteiger partial charge in [-0.3, -0.25) is 4.79 Å². The Bertz CT molecular complexity index is 568. The third-order valence-corrected chi connectivity index (χ3v) is 3.12. The summed E-state index contributed by atoms with van der Waals surface area (Å²) in [6.45, 7) is 6.04. The Balaban J connectivity index is 2.04. The fourth-order valence-electron chi connectivity index (χ4n) is 2.13. The molecule has 2 rings (SSSR count). The number of hydrogen-bond acceptors (Lipinski definition) is 4. The maximum absolute atomic E-state index is 13.2. The van der Waals surface area contributed by atoms with Crippen LogP contribution in [-0.2, 0) is 9.47 Å². The van der Waals surface area contributed by atoms with Gasteiger partial charge in [-0.1, -0.05) is 12.1 Å². The number of carbonyl (C=O) groups excluding carboxylic acids is 2. The number of rotatable bonds is 2. The first kappa shape index (κ1) is 16.4. The van der Waals surface area contributed by atoms with Gasteiger partial charge in [0, 0.05) is 12.1 Å². The predicted molar refractivity (Wildman–Crippen MR) is 78.3 cm³/mol. The zero-order valence-electron chi connectivity index (χ0n) is 13.0. The van der Waals surface area contributed by atoms with E-state index in [-0.39, 0.29) is 24.5 Å². The standard InChI is InChI=1S/C16H20FNO4/c1-16(2,3)22-15(20)18-7-8-21-13(10-18)14(19)11-5-4-6-12(17)9-11/h4-6,9,13H,7-8,10H2,1-3H3. The van der Waals surface area contributed by atoms with Crippen molar-refractivity contribution in [3.05, 3.63) is 35.6 Å². The highest BCUT2D eigenvalue weighted by atomic mass is 19.1. The molecule has 5 nitrogen and oxygen atoms in total. The second-order valence-corrected chi connectivity index (χ2v) is 6.16. The van der Waals surface area contributed by atoms with E-state index in [1.807, 2.05) is 0 Å². The van der Waals surface area contributed by atoms with Crippen LogP contribution in [0, 0.1) is 5.82 Å². The van der Waals surface area contributed by atoms with Crippen LogP contribution in [0.4, 0.5) is 9.18 Å². The number of benzene rings is 1. The molecule has 0 aromatic heterocycles. The predicted octanol–water partition coefficient (Wildman–Crippen LogP) is 2.64. The summed E-state index contributed by atoms with van der Waals surface area (Å²) in [6, 6.07) is 5.43. The van der Waals surface area contributed by atoms with Gasteiger partial charge in [-0.2, -0.15) is 0 Å². The molecule has 1 aliphatic rings. The lowest BCUT2D eigenvalue weighted by Gasteiger charge is -2.33. The number of amides is 1. The molecular formula is C16H20FNO4. The van der Waals surface area contributed by atoms with E-state index in [1.54, 1.807) is 20.8 Å². The quantitative estimate of drug-likeness (QED) is 0.788. The van der Waals surface area contributed by atoms with Crippen molar-refractivity contribution >= 4 is 11.9 Å². The number of morpholine rings is 1. The molecule has 1 aromatic rings. The van der Waals surface area contributed by atoms with Crippen LogP contribution in [-0.4, -0.2) is 48.2 Å². The first-order valence-electron chi connectivity index (χ1n) is 7.15. The Labute approximate surface area is 129 Å². The van der Waals surface area contributed by atoms with Crippen LogP contribution in [0.3, 0.4) is 0 Å². The highest BCUT2D eigenvalue weighted by Gasteiger charge is 2.32. The van der Waals surface area contributed by atoms with E-state index in [4.69, 9.17) is 9.47 Å². The molecule has 120 valence electrons. The van der Waals surface area contributed by atoms with E-state index < -0.39 is 23.6 Å². The minimum absolute atomic E-state index is 0.101. The maximum atomic E-state index is 13.2. The third-order valence-electron chi connectivity index (χ3n) is 3.12. The molecule has 1 amide bonds. The van der Waals surface area contributed by atoms with Gasteiger partial charge in [0.1, 0.15) is 17.5 Å². The normalized spacial score (nSPS) is 18.9. The fraction of sp³-hybridized carbons (Fsp3) is 0.500. The monoisotopic (exact) mass is 309 g/mol. The van der Waals surface area contributed by atoms with Crippen molar-refractivity contribution in [2.24, 2.45) is 0 Å². The average molecular weight is 309 g/mol. The van der Waals surface area contributed by atoms with Gasteiger partial charge in [0.05, 0.1) is 13.2 Å². The highest BCUT2D eigenvalue weighted by Crippen LogP contribution is 2.16. The Morgan fingerprint density at radius 2 is 2.09 bits per heavy atom. The third kappa shape index (κ3) is 4.27. The molecule has 1 atom stereocenters. The molecule has 1 saturated heterocycles. The minimum Gasteiger partial charge on any atom is -0.444 e. The van der Waals surface area contributed by atoms with Crippen LogP contribution in [0.1, 0.15) is 31.1 Å². The largest absolute Gasteiger partial charge is 0.444 e. The van der Waals surface area contributed by atoms with Crippen LogP contribution in [0.25, 0.3) is 0 Å². The van der Waals surface area contributed by atoms with Gasteiger partial charge in [-0.05, 0) is 32.9 Å². The van der Waals surface area contributed by atoms with Gasteiger partial charge in [0.25, 0.3) is 0 Å². The summed E-state index contributed by atoms with van der Waals surface area (Å²) >= 11 is 0. The Hall–Kier alpha value is -1.95. The molecule has 1 aromatic carbocycles. The summed E-state index contributed by atoms with van der Waals surface area (Å²) < 4.78 is 23.9. The van der Waals surface area contributed by atoms with Gasteiger partial charge >= 0.3 is 6.09 Å². The van der Waals surface area contributed by atoms with Crippen molar-refractivity contribution < 1.29 is 23.5 Å². The molecule has 0 radical (unpaired) electrons. The average Bonchev–Trinajstić information content (AvgIpc) is 2.45. The summed E-state index contributed by atoms with van der Waals surface area (Å²) in [5, 5.41) is 0. The zero-order chi connectivity index (χ0) is 16.3. The summed E-state index contributed by atoms with van der Waals surface area (Å²) in [6.07, 6.45) is -1.28. The smallest absolute Gasteiger partial charge is 0.410 e. The maximum Gasteiger partial charge on any atom is 0.410 e. The molecule has 0 N–H and O–H groups in total. The Morgan fingerprint density at radius 3 is 2.73 bits per heavy atom. The fourth-order valence-corrected chi connectivity index (χ4v) is 2.13. The second-order valence-electron chi connectivity index (χ2n) is 6.16. The van der Waals surface area contributed by atoms with Crippen LogP contribution in [0.5, 0.6) is 0 Å². The molecule has 1 fully saturated rings. The lowest BCUT2D eigenvalue weighted by atomic mass is 10.0. The van der Waals surface area contributed by atoms with Crippen molar-refractivity contribution in [2.75, 3.05) is 19.7 Å². The number of ether oxygens (including phenoxy) is 2. The van der Waals surface area contributed by atoms with Crippen molar-refractivity contribution in [3.63, 3.8) is 0 Å². The molecule has 0 saturated carbocycles. The van der Waals surface area contributed by atoms with E-state index in [0.29, 0.717) is 6.54 Å². The number of ketones is 1. The molecule has 1 aliphatic heterocycles. The summed E-state index contributed by atoms with van der Waals surface area (Å²) in [4.78, 5) is 25.8. The Morgan fingerprint density at radius 1 is 1.36 bits per heavy atom. The van der Waals surface area contributed by atoms with Gasteiger partial charge in [0.2, 0.25) is 0 Å². The number of nitrogens with zero attached hydrogens (tertiary/aromatic N) is 1. The van der Waals surface area contributed by atoms with Gasteiger partial charge in [-0.25, -0.2) is 9.18 Å². The van der Waals surface area contributed by atoms with Crippen molar-refractivity contribution in [3.8, 4) is 0 Å². The molecule has 0 bridgehead atoms. The first-order valence-corrected chi connectivity index (χ1v) is 7.15. The van der Waals surface area contributed by atoms with E-state index in [1.165, 1.54) is 23.1 Å². The van der Waals surface area contributed by atoms with Crippen molar-refractivity contribution in [2.45, 2.75) is 32.5 Å². The van der Waals surface area contributed by atoms with E-state index in [2.05, 4.69) is 0 Å². The number of halogens is 1. The zero-order valence-corrected chi connectivity index (χ0v) is 13.0. The molecule has 0 spiro atoms. The second kappa shape index (κ2) is 6.44. The van der Waals surface area contributed by atoms with E-state index in [9.17, 15) is 14.0 Å². The van der Waals surface area contributed by atoms with Crippen molar-refractivity contribution in [1.82, 2.24) is 4.90 Å². The van der Waals surface area contributed by atoms with Gasteiger partial charge < -0.3 is 14.4 Å². The summed E-state index contributed by atoms with van der Waals surface area (Å²) in [7, 11) is 0. The lowest BCUT2D eigenvalue weighted by molar-refractivity contribution is -0.0321. The van der Waals surface area contributed by atoms with Crippen LogP contribution < -0.4 is 0 Å². The molecule has 1 unspecified atom stereocenters. The SMILES string of the molecule is CC(C)(C)OC(=O)N1CCOC(C(=O)c2cccc(F)c2)C1. The van der Waals surface area contributed by atoms with Gasteiger partial charge in [-0.15, -0.1) is 0 Å². The summed E-state index contributed by atoms with van der Waals surface area (Å²) in [5.74, 6) is -0.821. The highest BCUT2D eigenvalue weighted by molar-refractivity contribution is 5.99. The van der Waals surface area contributed by atoms with Crippen LogP contribution in [0.2, 0.25) is 0 Å². The number of Topliss-reactive ketones (excluding diaryl/α,β-unsaturated/α-hetero) is 1. The molecule has 1 heterocycles. The molecule has 22 heavy (non-hydrogen) atoms. The molecule has 0 aliphatic carbocycles. The van der Waals surface area contributed by atoms with Crippen molar-refractivity contribution in [1.29, 1.82) is 0 Å². The molecular weight excluding hydrogens is 289 g/mol. The molecule has 6 heteroatoms. The van der Waals surface area contributed by atoms with Crippen LogP contribution in [0.15, 0.2) is 24.3 Å². The van der Waals surface area contributed by atoms with E-state index >= 15 is 0 Å².